The van der Waals surface area contributed by atoms with Crippen LogP contribution in [-0.2, 0) is 0 Å². The maximum absolute atomic E-state index is 2.41. The number of rotatable bonds is 11. The maximum Gasteiger partial charge on any atom is -0.0417 e. The van der Waals surface area contributed by atoms with Gasteiger partial charge >= 0.3 is 0 Å². The van der Waals surface area contributed by atoms with Gasteiger partial charge in [0, 0.05) is 0 Å². The molecule has 0 heteroatoms. The van der Waals surface area contributed by atoms with Gasteiger partial charge in [-0.15, -0.1) is 0 Å². The molecule has 0 aliphatic heterocycles. The van der Waals surface area contributed by atoms with Crippen LogP contribution in [-0.4, -0.2) is 0 Å². The van der Waals surface area contributed by atoms with Gasteiger partial charge in [0.1, 0.15) is 0 Å². The molecule has 0 bridgehead atoms. The van der Waals surface area contributed by atoms with Gasteiger partial charge in [0.05, 0.1) is 0 Å². The van der Waals surface area contributed by atoms with Crippen LogP contribution in [0.25, 0.3) is 0 Å². The first kappa shape index (κ1) is 20.3. The zero-order valence-electron chi connectivity index (χ0n) is 14.2. The Morgan fingerprint density at radius 1 is 0.667 bits per heavy atom. The second-order valence-corrected chi connectivity index (χ2v) is 5.59. The van der Waals surface area contributed by atoms with Gasteiger partial charge in [-0.05, 0) is 11.8 Å². The normalized spacial score (nSPS) is 13.7. The molecule has 0 saturated carbocycles. The van der Waals surface area contributed by atoms with Crippen LogP contribution in [0, 0.1) is 11.8 Å². The Balaban J connectivity index is 0. The average Bonchev–Trinajstić information content (AvgIpc) is 2.40. The topological polar surface area (TPSA) is 0 Å². The van der Waals surface area contributed by atoms with Crippen molar-refractivity contribution in [1.82, 2.24) is 0 Å². The van der Waals surface area contributed by atoms with E-state index >= 15 is 0 Å². The summed E-state index contributed by atoms with van der Waals surface area (Å²) in [4.78, 5) is 0. The average molecular weight is 257 g/mol. The third-order valence-corrected chi connectivity index (χ3v) is 3.88. The van der Waals surface area contributed by atoms with E-state index in [2.05, 4.69) is 27.7 Å². The smallest absolute Gasteiger partial charge is 0.0417 e. The highest BCUT2D eigenvalue weighted by molar-refractivity contribution is 4.59. The largest absolute Gasteiger partial charge is 0.0683 e. The van der Waals surface area contributed by atoms with Gasteiger partial charge < -0.3 is 0 Å². The summed E-state index contributed by atoms with van der Waals surface area (Å²) in [6.07, 6.45) is 14.3. The summed E-state index contributed by atoms with van der Waals surface area (Å²) in [5.41, 5.74) is 0. The predicted octanol–water partition coefficient (Wildman–Crippen LogP) is 7.23. The van der Waals surface area contributed by atoms with Crippen molar-refractivity contribution >= 4 is 0 Å². The highest BCUT2D eigenvalue weighted by Gasteiger charge is 2.06. The van der Waals surface area contributed by atoms with Crippen molar-refractivity contribution in [3.05, 3.63) is 0 Å². The van der Waals surface area contributed by atoms with Crippen LogP contribution < -0.4 is 0 Å². The molecule has 0 fully saturated rings. The Bertz CT molecular complexity index is 128. The summed E-state index contributed by atoms with van der Waals surface area (Å²) in [6.45, 7) is 13.4. The quantitative estimate of drug-likeness (QED) is 0.342. The van der Waals surface area contributed by atoms with E-state index in [1.807, 2.05) is 13.8 Å². The summed E-state index contributed by atoms with van der Waals surface area (Å²) < 4.78 is 0. The van der Waals surface area contributed by atoms with E-state index in [1.165, 1.54) is 64.2 Å². The molecule has 2 unspecified atom stereocenters. The zero-order chi connectivity index (χ0) is 14.2. The van der Waals surface area contributed by atoms with Crippen molar-refractivity contribution in [2.24, 2.45) is 11.8 Å². The molecule has 0 aliphatic rings. The molecule has 112 valence electrons. The third kappa shape index (κ3) is 14.1. The SMILES string of the molecule is CC.CCCCC(CC)CCCCC(C)CCC. The fraction of sp³-hybridized carbons (Fsp3) is 1.00. The highest BCUT2D eigenvalue weighted by atomic mass is 14.1. The molecule has 0 amide bonds. The van der Waals surface area contributed by atoms with E-state index in [9.17, 15) is 0 Å². The predicted molar refractivity (Wildman–Crippen MR) is 87.2 cm³/mol. The Kier molecular flexibility index (Phi) is 19.2. The number of unbranched alkanes of at least 4 members (excludes halogenated alkanes) is 2. The van der Waals surface area contributed by atoms with E-state index in [1.54, 1.807) is 0 Å². The van der Waals surface area contributed by atoms with Crippen molar-refractivity contribution in [3.63, 3.8) is 0 Å². The summed E-state index contributed by atoms with van der Waals surface area (Å²) in [5.74, 6) is 1.97. The Hall–Kier alpha value is 0. The van der Waals surface area contributed by atoms with E-state index in [4.69, 9.17) is 0 Å². The molecule has 0 aromatic rings. The van der Waals surface area contributed by atoms with Crippen molar-refractivity contribution in [2.75, 3.05) is 0 Å². The summed E-state index contributed by atoms with van der Waals surface area (Å²) in [5, 5.41) is 0. The summed E-state index contributed by atoms with van der Waals surface area (Å²) in [7, 11) is 0. The van der Waals surface area contributed by atoms with Gasteiger partial charge in [0.15, 0.2) is 0 Å². The second-order valence-electron chi connectivity index (χ2n) is 5.59. The maximum atomic E-state index is 2.41. The molecule has 0 aromatic heterocycles. The van der Waals surface area contributed by atoms with E-state index in [0.29, 0.717) is 0 Å². The van der Waals surface area contributed by atoms with Crippen LogP contribution in [0.4, 0.5) is 0 Å². The molecule has 18 heavy (non-hydrogen) atoms. The lowest BCUT2D eigenvalue weighted by atomic mass is 9.91. The van der Waals surface area contributed by atoms with Gasteiger partial charge in [-0.3, -0.25) is 0 Å². The van der Waals surface area contributed by atoms with Gasteiger partial charge in [-0.2, -0.15) is 0 Å². The minimum absolute atomic E-state index is 0.959. The minimum atomic E-state index is 0.959. The fourth-order valence-corrected chi connectivity index (χ4v) is 2.61. The summed E-state index contributed by atoms with van der Waals surface area (Å²) in [6, 6.07) is 0. The standard InChI is InChI=1S/C16H34.C2H6/c1-5-8-13-16(7-3)14-10-9-12-15(4)11-6-2;1-2/h15-16H,5-14H2,1-4H3;1-2H3. The third-order valence-electron chi connectivity index (χ3n) is 3.88. The molecule has 0 nitrogen and oxygen atoms in total. The van der Waals surface area contributed by atoms with Crippen LogP contribution in [0.5, 0.6) is 0 Å². The van der Waals surface area contributed by atoms with Crippen LogP contribution in [0.15, 0.2) is 0 Å². The highest BCUT2D eigenvalue weighted by Crippen LogP contribution is 2.21. The molecule has 0 heterocycles. The number of hydrogen-bond donors (Lipinski definition) is 0. The first-order valence-electron chi connectivity index (χ1n) is 8.74. The monoisotopic (exact) mass is 256 g/mol. The van der Waals surface area contributed by atoms with Crippen LogP contribution in [0.1, 0.15) is 106 Å². The molecular formula is C18H40. The molecular weight excluding hydrogens is 216 g/mol. The number of hydrogen-bond acceptors (Lipinski definition) is 0. The Labute approximate surface area is 118 Å². The first-order valence-corrected chi connectivity index (χ1v) is 8.74. The molecule has 0 aliphatic carbocycles. The molecule has 0 spiro atoms. The van der Waals surface area contributed by atoms with Crippen molar-refractivity contribution in [2.45, 2.75) is 106 Å². The fourth-order valence-electron chi connectivity index (χ4n) is 2.61. The molecule has 0 N–H and O–H groups in total. The minimum Gasteiger partial charge on any atom is -0.0683 e. The van der Waals surface area contributed by atoms with Crippen molar-refractivity contribution in [1.29, 1.82) is 0 Å². The van der Waals surface area contributed by atoms with Crippen LogP contribution in [0.3, 0.4) is 0 Å². The Morgan fingerprint density at radius 2 is 1.22 bits per heavy atom. The first-order chi connectivity index (χ1) is 8.74. The van der Waals surface area contributed by atoms with E-state index in [-0.39, 0.29) is 0 Å². The molecule has 0 radical (unpaired) electrons. The lowest BCUT2D eigenvalue weighted by molar-refractivity contribution is 0.384. The van der Waals surface area contributed by atoms with Crippen molar-refractivity contribution < 1.29 is 0 Å². The van der Waals surface area contributed by atoms with Crippen molar-refractivity contribution in [3.8, 4) is 0 Å². The molecule has 0 rings (SSSR count). The second kappa shape index (κ2) is 17.0. The Morgan fingerprint density at radius 3 is 1.72 bits per heavy atom. The zero-order valence-corrected chi connectivity index (χ0v) is 14.2. The van der Waals surface area contributed by atoms with Gasteiger partial charge in [-0.25, -0.2) is 0 Å². The van der Waals surface area contributed by atoms with E-state index in [0.717, 1.165) is 11.8 Å². The molecule has 2 atom stereocenters. The van der Waals surface area contributed by atoms with E-state index < -0.39 is 0 Å². The van der Waals surface area contributed by atoms with Crippen LogP contribution in [0.2, 0.25) is 0 Å². The lowest BCUT2D eigenvalue weighted by Crippen LogP contribution is -2.00. The van der Waals surface area contributed by atoms with Gasteiger partial charge in [0.2, 0.25) is 0 Å². The lowest BCUT2D eigenvalue weighted by Gasteiger charge is -2.15. The van der Waals surface area contributed by atoms with Gasteiger partial charge in [-0.1, -0.05) is 106 Å². The molecule has 0 aromatic carbocycles. The summed E-state index contributed by atoms with van der Waals surface area (Å²) >= 11 is 0. The van der Waals surface area contributed by atoms with Crippen LogP contribution >= 0.6 is 0 Å². The van der Waals surface area contributed by atoms with Gasteiger partial charge in [0.25, 0.3) is 0 Å². The molecule has 0 saturated heterocycles.